The largest absolute Gasteiger partial charge is 0.442 e. The van der Waals surface area contributed by atoms with Crippen molar-refractivity contribution in [2.24, 2.45) is 4.99 Å². The van der Waals surface area contributed by atoms with E-state index in [0.29, 0.717) is 34.2 Å². The third-order valence-electron chi connectivity index (χ3n) is 6.77. The van der Waals surface area contributed by atoms with Crippen molar-refractivity contribution < 1.29 is 9.21 Å². The molecule has 7 nitrogen and oxygen atoms in total. The standard InChI is InChI=1S/C25H29N5O2/c1-16-20(21-22(29-25(2)10-11-25)27-15-28-23(21)32-16)24(31)30-12-8-19(9-13-30)18-6-4-17(5-7-18)14-26-3/h4-7,14-15,19H,8-13H2,1-3H3,(H,27,28,29)/b26-14-. The fourth-order valence-electron chi connectivity index (χ4n) is 4.57. The van der Waals surface area contributed by atoms with Crippen LogP contribution in [0.2, 0.25) is 0 Å². The van der Waals surface area contributed by atoms with Gasteiger partial charge in [-0.15, -0.1) is 0 Å². The lowest BCUT2D eigenvalue weighted by Crippen LogP contribution is -2.38. The van der Waals surface area contributed by atoms with Gasteiger partial charge in [-0.1, -0.05) is 24.3 Å². The lowest BCUT2D eigenvalue weighted by atomic mass is 9.88. The summed E-state index contributed by atoms with van der Waals surface area (Å²) in [7, 11) is 1.78. The smallest absolute Gasteiger partial charge is 0.258 e. The SMILES string of the molecule is C/N=C\c1ccc(C2CCN(C(=O)c3c(C)oc4ncnc(NC5(C)CC5)c34)CC2)cc1. The van der Waals surface area contributed by atoms with E-state index in [9.17, 15) is 4.79 Å². The van der Waals surface area contributed by atoms with Gasteiger partial charge in [0.25, 0.3) is 5.91 Å². The number of benzene rings is 1. The van der Waals surface area contributed by atoms with Crippen LogP contribution in [0.1, 0.15) is 65.8 Å². The van der Waals surface area contributed by atoms with Crippen LogP contribution in [0, 0.1) is 6.92 Å². The molecule has 1 aliphatic carbocycles. The fourth-order valence-corrected chi connectivity index (χ4v) is 4.57. The zero-order valence-electron chi connectivity index (χ0n) is 18.9. The molecule has 1 N–H and O–H groups in total. The normalized spacial score (nSPS) is 18.4. The molecular weight excluding hydrogens is 402 g/mol. The monoisotopic (exact) mass is 431 g/mol. The third-order valence-corrected chi connectivity index (χ3v) is 6.77. The molecule has 1 saturated carbocycles. The highest BCUT2D eigenvalue weighted by Gasteiger charge is 2.39. The highest BCUT2D eigenvalue weighted by molar-refractivity contribution is 6.10. The Balaban J connectivity index is 1.34. The first-order valence-corrected chi connectivity index (χ1v) is 11.3. The number of likely N-dealkylation sites (tertiary alicyclic amines) is 1. The minimum Gasteiger partial charge on any atom is -0.442 e. The summed E-state index contributed by atoms with van der Waals surface area (Å²) < 4.78 is 5.86. The van der Waals surface area contributed by atoms with Crippen molar-refractivity contribution in [2.45, 2.75) is 51.0 Å². The molecule has 0 radical (unpaired) electrons. The summed E-state index contributed by atoms with van der Waals surface area (Å²) in [5, 5.41) is 4.20. The second-order valence-electron chi connectivity index (χ2n) is 9.24. The first-order chi connectivity index (χ1) is 15.5. The van der Waals surface area contributed by atoms with Gasteiger partial charge < -0.3 is 14.6 Å². The second kappa shape index (κ2) is 8.04. The van der Waals surface area contributed by atoms with Gasteiger partial charge in [-0.3, -0.25) is 9.79 Å². The maximum Gasteiger partial charge on any atom is 0.258 e. The van der Waals surface area contributed by atoms with Crippen LogP contribution in [-0.4, -0.2) is 52.7 Å². The van der Waals surface area contributed by atoms with Gasteiger partial charge in [0.1, 0.15) is 17.9 Å². The van der Waals surface area contributed by atoms with E-state index >= 15 is 0 Å². The molecule has 0 spiro atoms. The summed E-state index contributed by atoms with van der Waals surface area (Å²) in [5.74, 6) is 1.77. The van der Waals surface area contributed by atoms with Gasteiger partial charge in [0.15, 0.2) is 0 Å². The molecule has 1 saturated heterocycles. The molecular formula is C25H29N5O2. The average Bonchev–Trinajstić information content (AvgIpc) is 3.42. The van der Waals surface area contributed by atoms with Crippen molar-refractivity contribution in [3.05, 3.63) is 53.0 Å². The number of rotatable bonds is 5. The number of hydrogen-bond donors (Lipinski definition) is 1. The Bertz CT molecular complexity index is 1170. The topological polar surface area (TPSA) is 83.6 Å². The summed E-state index contributed by atoms with van der Waals surface area (Å²) in [5.41, 5.74) is 3.54. The number of piperidine rings is 1. The van der Waals surface area contributed by atoms with Crippen LogP contribution < -0.4 is 5.32 Å². The summed E-state index contributed by atoms with van der Waals surface area (Å²) in [4.78, 5) is 28.3. The number of hydrogen-bond acceptors (Lipinski definition) is 6. The Morgan fingerprint density at radius 1 is 1.22 bits per heavy atom. The Morgan fingerprint density at radius 3 is 2.59 bits per heavy atom. The first-order valence-electron chi connectivity index (χ1n) is 11.3. The summed E-state index contributed by atoms with van der Waals surface area (Å²) in [6.07, 6.45) is 7.44. The molecule has 1 aromatic carbocycles. The number of aliphatic imine (C=N–C) groups is 1. The summed E-state index contributed by atoms with van der Waals surface area (Å²) >= 11 is 0. The van der Waals surface area contributed by atoms with Gasteiger partial charge in [0.2, 0.25) is 5.71 Å². The number of nitrogens with one attached hydrogen (secondary N) is 1. The number of aryl methyl sites for hydroxylation is 1. The van der Waals surface area contributed by atoms with Crippen LogP contribution in [0.4, 0.5) is 5.82 Å². The third kappa shape index (κ3) is 3.87. The Morgan fingerprint density at radius 2 is 1.94 bits per heavy atom. The number of fused-ring (bicyclic) bond motifs is 1. The van der Waals surface area contributed by atoms with Crippen LogP contribution in [0.25, 0.3) is 11.1 Å². The minimum atomic E-state index is 0.00741. The molecule has 7 heteroatoms. The molecule has 1 aliphatic heterocycles. The van der Waals surface area contributed by atoms with Gasteiger partial charge in [-0.05, 0) is 56.6 Å². The van der Waals surface area contributed by atoms with Crippen LogP contribution in [0.5, 0.6) is 0 Å². The van der Waals surface area contributed by atoms with Crippen LogP contribution in [-0.2, 0) is 0 Å². The van der Waals surface area contributed by atoms with Gasteiger partial charge in [0, 0.05) is 31.9 Å². The number of carbonyl (C=O) groups excluding carboxylic acids is 1. The van der Waals surface area contributed by atoms with E-state index in [2.05, 4.69) is 51.5 Å². The first kappa shape index (κ1) is 20.7. The number of amides is 1. The van der Waals surface area contributed by atoms with E-state index < -0.39 is 0 Å². The number of nitrogens with zero attached hydrogens (tertiary/aromatic N) is 4. The average molecular weight is 432 g/mol. The number of carbonyl (C=O) groups is 1. The molecule has 0 unspecified atom stereocenters. The van der Waals surface area contributed by atoms with Gasteiger partial charge in [-0.2, -0.15) is 0 Å². The maximum atomic E-state index is 13.6. The van der Waals surface area contributed by atoms with Crippen LogP contribution in [0.3, 0.4) is 0 Å². The zero-order valence-corrected chi connectivity index (χ0v) is 18.9. The Labute approximate surface area is 188 Å². The molecule has 3 heterocycles. The molecule has 0 bridgehead atoms. The molecule has 2 fully saturated rings. The molecule has 0 atom stereocenters. The van der Waals surface area contributed by atoms with E-state index in [-0.39, 0.29) is 11.4 Å². The highest BCUT2D eigenvalue weighted by atomic mass is 16.3. The zero-order chi connectivity index (χ0) is 22.3. The molecule has 32 heavy (non-hydrogen) atoms. The van der Waals surface area contributed by atoms with E-state index in [1.807, 2.05) is 18.0 Å². The quantitative estimate of drug-likeness (QED) is 0.599. The predicted octanol–water partition coefficient (Wildman–Crippen LogP) is 4.56. The Kier molecular flexibility index (Phi) is 5.19. The lowest BCUT2D eigenvalue weighted by Gasteiger charge is -2.32. The molecule has 3 aromatic rings. The predicted molar refractivity (Wildman–Crippen MR) is 126 cm³/mol. The van der Waals surface area contributed by atoms with E-state index in [1.54, 1.807) is 7.05 Å². The van der Waals surface area contributed by atoms with E-state index in [1.165, 1.54) is 11.9 Å². The second-order valence-corrected chi connectivity index (χ2v) is 9.24. The van der Waals surface area contributed by atoms with Crippen molar-refractivity contribution in [3.63, 3.8) is 0 Å². The number of anilines is 1. The fraction of sp³-hybridized carbons (Fsp3) is 0.440. The number of aromatic nitrogens is 2. The molecule has 1 amide bonds. The van der Waals surface area contributed by atoms with Crippen molar-refractivity contribution >= 4 is 29.0 Å². The molecule has 5 rings (SSSR count). The molecule has 2 aromatic heterocycles. The Hall–Kier alpha value is -3.22. The van der Waals surface area contributed by atoms with Crippen LogP contribution in [0.15, 0.2) is 40.0 Å². The van der Waals surface area contributed by atoms with Gasteiger partial charge >= 0.3 is 0 Å². The minimum absolute atomic E-state index is 0.00741. The van der Waals surface area contributed by atoms with Crippen molar-refractivity contribution in [1.82, 2.24) is 14.9 Å². The molecule has 166 valence electrons. The lowest BCUT2D eigenvalue weighted by molar-refractivity contribution is 0.0713. The summed E-state index contributed by atoms with van der Waals surface area (Å²) in [6.45, 7) is 5.46. The highest BCUT2D eigenvalue weighted by Crippen LogP contribution is 2.40. The number of furan rings is 1. The van der Waals surface area contributed by atoms with Crippen molar-refractivity contribution in [3.8, 4) is 0 Å². The van der Waals surface area contributed by atoms with E-state index in [4.69, 9.17) is 4.42 Å². The van der Waals surface area contributed by atoms with Gasteiger partial charge in [-0.25, -0.2) is 9.97 Å². The molecule has 2 aliphatic rings. The summed E-state index contributed by atoms with van der Waals surface area (Å²) in [6, 6.07) is 8.58. The van der Waals surface area contributed by atoms with Crippen molar-refractivity contribution in [2.75, 3.05) is 25.5 Å². The maximum absolute atomic E-state index is 13.6. The van der Waals surface area contributed by atoms with Gasteiger partial charge in [0.05, 0.1) is 10.9 Å². The van der Waals surface area contributed by atoms with Crippen LogP contribution >= 0.6 is 0 Å². The van der Waals surface area contributed by atoms with Crippen molar-refractivity contribution in [1.29, 1.82) is 0 Å². The van der Waals surface area contributed by atoms with E-state index in [0.717, 1.165) is 44.3 Å².